The van der Waals surface area contributed by atoms with Gasteiger partial charge in [-0.2, -0.15) is 0 Å². The van der Waals surface area contributed by atoms with Gasteiger partial charge in [0.2, 0.25) is 0 Å². The Kier molecular flexibility index (Phi) is 9.63. The van der Waals surface area contributed by atoms with E-state index in [0.29, 0.717) is 17.8 Å². The summed E-state index contributed by atoms with van der Waals surface area (Å²) in [6.07, 6.45) is 13.6. The van der Waals surface area contributed by atoms with Crippen molar-refractivity contribution in [2.75, 3.05) is 9.80 Å². The fourth-order valence-corrected chi connectivity index (χ4v) is 17.1. The third kappa shape index (κ3) is 6.48. The van der Waals surface area contributed by atoms with E-state index in [1.165, 1.54) is 126 Å². The van der Waals surface area contributed by atoms with E-state index >= 15 is 0 Å². The molecule has 0 spiro atoms. The minimum Gasteiger partial charge on any atom is -0.311 e. The van der Waals surface area contributed by atoms with Gasteiger partial charge in [0.05, 0.1) is 0 Å². The van der Waals surface area contributed by atoms with Gasteiger partial charge in [0.1, 0.15) is 8.07 Å². The van der Waals surface area contributed by atoms with Crippen LogP contribution in [0.3, 0.4) is 0 Å². The lowest BCUT2D eigenvalue weighted by Crippen LogP contribution is -2.56. The van der Waals surface area contributed by atoms with Crippen molar-refractivity contribution in [3.05, 3.63) is 193 Å². The standard InChI is InChI=1S/C60H60N2Si/c1-63(2)58-21-13-12-20-56(58)57-41-55(34-35-59(57)63)62(52-28-22-45(23-29-52)44-14-6-3-7-15-44)54-32-26-47(27-33-54)60(48-37-42-36-43(39-48)40-49(60)38-42)46-24-30-53(31-25-46)61(50-16-8-4-9-17-50)51-18-10-5-11-19-51/h4-5,8-13,16-35,41-44,48-49H,3,6-7,14-15,36-40H2,1-2H3. The van der Waals surface area contributed by atoms with E-state index in [1.807, 2.05) is 0 Å². The van der Waals surface area contributed by atoms with Gasteiger partial charge in [-0.1, -0.05) is 135 Å². The van der Waals surface area contributed by atoms with E-state index in [9.17, 15) is 0 Å². The molecule has 0 radical (unpaired) electrons. The Labute approximate surface area is 376 Å². The van der Waals surface area contributed by atoms with Crippen LogP contribution in [0, 0.1) is 23.7 Å². The SMILES string of the molecule is C[Si]1(C)c2ccccc2-c2cc(N(c3ccc(C4CCCCC4)cc3)c3ccc(C4(c5ccc(N(c6ccccc6)c6ccccc6)cc5)C5CC6CC(C5)CC4C6)cc3)ccc21. The first-order chi connectivity index (χ1) is 30.9. The molecule has 314 valence electrons. The third-order valence-electron chi connectivity index (χ3n) is 16.7. The first kappa shape index (κ1) is 39.0. The summed E-state index contributed by atoms with van der Waals surface area (Å²) in [5, 5.41) is 3.12. The lowest BCUT2D eigenvalue weighted by atomic mass is 9.42. The minimum absolute atomic E-state index is 0.00870. The molecule has 5 aliphatic carbocycles. The molecule has 0 saturated heterocycles. The number of hydrogen-bond acceptors (Lipinski definition) is 2. The summed E-state index contributed by atoms with van der Waals surface area (Å²) in [5.41, 5.74) is 14.7. The Balaban J connectivity index is 0.956. The zero-order chi connectivity index (χ0) is 42.1. The normalized spacial score (nSPS) is 24.2. The van der Waals surface area contributed by atoms with Crippen LogP contribution in [-0.2, 0) is 5.41 Å². The fourth-order valence-electron chi connectivity index (χ4n) is 14.0. The molecular weight excluding hydrogens is 777 g/mol. The number of para-hydroxylation sites is 2. The maximum atomic E-state index is 2.55. The zero-order valence-corrected chi connectivity index (χ0v) is 38.1. The maximum Gasteiger partial charge on any atom is 0.113 e. The van der Waals surface area contributed by atoms with Crippen LogP contribution in [0.15, 0.2) is 176 Å². The average Bonchev–Trinajstić information content (AvgIpc) is 3.56. The van der Waals surface area contributed by atoms with E-state index in [2.05, 4.69) is 199 Å². The first-order valence-corrected chi connectivity index (χ1v) is 27.2. The Morgan fingerprint density at radius 3 is 1.41 bits per heavy atom. The molecule has 0 aromatic heterocycles. The number of anilines is 6. The summed E-state index contributed by atoms with van der Waals surface area (Å²) < 4.78 is 0. The van der Waals surface area contributed by atoms with Gasteiger partial charge in [-0.3, -0.25) is 0 Å². The van der Waals surface area contributed by atoms with Crippen molar-refractivity contribution >= 4 is 52.6 Å². The number of nitrogens with zero attached hydrogens (tertiary/aromatic N) is 2. The van der Waals surface area contributed by atoms with E-state index in [-0.39, 0.29) is 5.41 Å². The topological polar surface area (TPSA) is 6.48 Å². The molecule has 7 aromatic carbocycles. The van der Waals surface area contributed by atoms with Crippen molar-refractivity contribution in [2.24, 2.45) is 23.7 Å². The first-order valence-electron chi connectivity index (χ1n) is 24.2. The second kappa shape index (κ2) is 15.6. The smallest absolute Gasteiger partial charge is 0.113 e. The predicted molar refractivity (Wildman–Crippen MR) is 268 cm³/mol. The molecule has 3 heteroatoms. The molecule has 4 bridgehead atoms. The van der Waals surface area contributed by atoms with Crippen LogP contribution in [0.1, 0.15) is 86.8 Å². The molecule has 0 N–H and O–H groups in total. The zero-order valence-electron chi connectivity index (χ0n) is 37.1. The van der Waals surface area contributed by atoms with Gasteiger partial charge in [0.15, 0.2) is 0 Å². The highest BCUT2D eigenvalue weighted by Crippen LogP contribution is 2.65. The van der Waals surface area contributed by atoms with Crippen LogP contribution in [0.5, 0.6) is 0 Å². The van der Waals surface area contributed by atoms with E-state index in [4.69, 9.17) is 0 Å². The average molecular weight is 837 g/mol. The Morgan fingerprint density at radius 2 is 0.857 bits per heavy atom. The van der Waals surface area contributed by atoms with Crippen LogP contribution >= 0.6 is 0 Å². The summed E-state index contributed by atoms with van der Waals surface area (Å²) in [5.74, 6) is 3.79. The molecular formula is C60H60N2Si. The van der Waals surface area contributed by atoms with Crippen LogP contribution in [0.25, 0.3) is 11.1 Å². The van der Waals surface area contributed by atoms with Crippen molar-refractivity contribution < 1.29 is 0 Å². The van der Waals surface area contributed by atoms with E-state index < -0.39 is 8.07 Å². The maximum absolute atomic E-state index is 2.55. The van der Waals surface area contributed by atoms with Gasteiger partial charge in [0.25, 0.3) is 0 Å². The number of benzene rings is 7. The lowest BCUT2D eigenvalue weighted by molar-refractivity contribution is -0.0418. The van der Waals surface area contributed by atoms with Crippen molar-refractivity contribution in [1.29, 1.82) is 0 Å². The molecule has 0 atom stereocenters. The quantitative estimate of drug-likeness (QED) is 0.134. The van der Waals surface area contributed by atoms with Gasteiger partial charge in [-0.25, -0.2) is 0 Å². The molecule has 1 aliphatic heterocycles. The van der Waals surface area contributed by atoms with Crippen molar-refractivity contribution in [3.8, 4) is 11.1 Å². The molecule has 6 aliphatic rings. The summed E-state index contributed by atoms with van der Waals surface area (Å²) in [4.78, 5) is 4.95. The second-order valence-corrected chi connectivity index (χ2v) is 24.8. The highest BCUT2D eigenvalue weighted by Gasteiger charge is 2.58. The molecule has 5 saturated carbocycles. The van der Waals surface area contributed by atoms with Crippen molar-refractivity contribution in [2.45, 2.75) is 88.6 Å². The monoisotopic (exact) mass is 836 g/mol. The number of rotatable bonds is 9. The Hall–Kier alpha value is -5.64. The molecule has 1 heterocycles. The Bertz CT molecular complexity index is 2660. The largest absolute Gasteiger partial charge is 0.311 e. The summed E-state index contributed by atoms with van der Waals surface area (Å²) in [6.45, 7) is 5.04. The van der Waals surface area contributed by atoms with Crippen LogP contribution in [0.2, 0.25) is 13.1 Å². The van der Waals surface area contributed by atoms with Crippen molar-refractivity contribution in [1.82, 2.24) is 0 Å². The third-order valence-corrected chi connectivity index (χ3v) is 20.3. The van der Waals surface area contributed by atoms with E-state index in [0.717, 1.165) is 11.8 Å². The number of fused-ring (bicyclic) bond motifs is 3. The minimum atomic E-state index is -1.77. The summed E-state index contributed by atoms with van der Waals surface area (Å²) in [6, 6.07) is 67.9. The molecule has 0 amide bonds. The molecule has 7 aromatic rings. The second-order valence-electron chi connectivity index (χ2n) is 20.4. The summed E-state index contributed by atoms with van der Waals surface area (Å²) >= 11 is 0. The van der Waals surface area contributed by atoms with Crippen LogP contribution in [0.4, 0.5) is 34.1 Å². The fraction of sp³-hybridized carbons (Fsp3) is 0.300. The van der Waals surface area contributed by atoms with Gasteiger partial charge in [-0.15, -0.1) is 0 Å². The van der Waals surface area contributed by atoms with E-state index in [1.54, 1.807) is 10.4 Å². The highest BCUT2D eigenvalue weighted by atomic mass is 28.3. The molecule has 13 rings (SSSR count). The molecule has 5 fully saturated rings. The molecule has 63 heavy (non-hydrogen) atoms. The van der Waals surface area contributed by atoms with Gasteiger partial charge >= 0.3 is 0 Å². The van der Waals surface area contributed by atoms with Gasteiger partial charge in [0, 0.05) is 39.5 Å². The van der Waals surface area contributed by atoms with Crippen LogP contribution in [-0.4, -0.2) is 8.07 Å². The predicted octanol–water partition coefficient (Wildman–Crippen LogP) is 15.2. The van der Waals surface area contributed by atoms with Gasteiger partial charge < -0.3 is 9.80 Å². The highest BCUT2D eigenvalue weighted by molar-refractivity contribution is 7.03. The number of hydrogen-bond donors (Lipinski definition) is 0. The summed E-state index contributed by atoms with van der Waals surface area (Å²) in [7, 11) is -1.77. The van der Waals surface area contributed by atoms with Crippen LogP contribution < -0.4 is 20.2 Å². The lowest BCUT2D eigenvalue weighted by Gasteiger charge is -2.62. The molecule has 2 nitrogen and oxygen atoms in total. The van der Waals surface area contributed by atoms with Crippen molar-refractivity contribution in [3.63, 3.8) is 0 Å². The molecule has 0 unspecified atom stereocenters. The Morgan fingerprint density at radius 1 is 0.413 bits per heavy atom. The van der Waals surface area contributed by atoms with Gasteiger partial charge in [-0.05, 0) is 186 Å².